The Balaban J connectivity index is 1.92. The molecule has 1 amide bonds. The topological polar surface area (TPSA) is 71.3 Å². The molecular weight excluding hydrogens is 280 g/mol. The zero-order chi connectivity index (χ0) is 16.1. The van der Waals surface area contributed by atoms with E-state index >= 15 is 0 Å². The predicted molar refractivity (Wildman–Crippen MR) is 85.0 cm³/mol. The molecule has 5 nitrogen and oxygen atoms in total. The van der Waals surface area contributed by atoms with E-state index in [0.29, 0.717) is 5.56 Å². The third kappa shape index (κ3) is 4.05. The van der Waals surface area contributed by atoms with Crippen LogP contribution in [0.3, 0.4) is 0 Å². The van der Waals surface area contributed by atoms with Gasteiger partial charge in [0.15, 0.2) is 0 Å². The minimum absolute atomic E-state index is 0.0904. The third-order valence-corrected chi connectivity index (χ3v) is 3.57. The van der Waals surface area contributed by atoms with Crippen LogP contribution in [0.15, 0.2) is 47.4 Å². The van der Waals surface area contributed by atoms with Gasteiger partial charge in [0.25, 0.3) is 11.5 Å². The Hall–Kier alpha value is -2.40. The van der Waals surface area contributed by atoms with Crippen molar-refractivity contribution >= 4 is 5.91 Å². The van der Waals surface area contributed by atoms with Crippen LogP contribution in [0.5, 0.6) is 0 Å². The average molecular weight is 300 g/mol. The average Bonchev–Trinajstić information content (AvgIpc) is 2.50. The number of carbonyl (C=O) groups is 1. The van der Waals surface area contributed by atoms with Gasteiger partial charge in [-0.25, -0.2) is 0 Å². The van der Waals surface area contributed by atoms with Crippen LogP contribution in [0.25, 0.3) is 0 Å². The number of aliphatic hydroxyl groups is 1. The summed E-state index contributed by atoms with van der Waals surface area (Å²) in [5.41, 5.74) is 2.55. The Kier molecular flexibility index (Phi) is 5.12. The van der Waals surface area contributed by atoms with Gasteiger partial charge in [-0.3, -0.25) is 9.59 Å². The molecule has 0 saturated carbocycles. The highest BCUT2D eigenvalue weighted by atomic mass is 16.3. The second-order valence-electron chi connectivity index (χ2n) is 5.35. The smallest absolute Gasteiger partial charge is 0.251 e. The first-order valence-electron chi connectivity index (χ1n) is 7.16. The van der Waals surface area contributed by atoms with Crippen molar-refractivity contribution in [2.45, 2.75) is 26.5 Å². The molecule has 1 aromatic heterocycles. The van der Waals surface area contributed by atoms with Crippen molar-refractivity contribution in [2.75, 3.05) is 6.54 Å². The molecule has 1 atom stereocenters. The van der Waals surface area contributed by atoms with E-state index in [9.17, 15) is 14.7 Å². The number of nitrogens with one attached hydrogen (secondary N) is 1. The number of nitrogens with zero attached hydrogens (tertiary/aromatic N) is 1. The Labute approximate surface area is 129 Å². The molecule has 0 saturated heterocycles. The molecule has 2 N–H and O–H groups in total. The molecule has 0 bridgehead atoms. The van der Waals surface area contributed by atoms with Crippen LogP contribution < -0.4 is 10.9 Å². The normalized spacial score (nSPS) is 12.0. The van der Waals surface area contributed by atoms with Gasteiger partial charge in [-0.2, -0.15) is 0 Å². The lowest BCUT2D eigenvalue weighted by atomic mass is 10.1. The second-order valence-corrected chi connectivity index (χ2v) is 5.35. The highest BCUT2D eigenvalue weighted by Gasteiger charge is 2.10. The summed E-state index contributed by atoms with van der Waals surface area (Å²) in [7, 11) is 0. The van der Waals surface area contributed by atoms with Crippen molar-refractivity contribution in [2.24, 2.45) is 0 Å². The van der Waals surface area contributed by atoms with Crippen molar-refractivity contribution < 1.29 is 9.90 Å². The van der Waals surface area contributed by atoms with Crippen LogP contribution >= 0.6 is 0 Å². The van der Waals surface area contributed by atoms with Crippen LogP contribution in [0, 0.1) is 13.8 Å². The van der Waals surface area contributed by atoms with E-state index in [1.807, 2.05) is 26.0 Å². The van der Waals surface area contributed by atoms with E-state index < -0.39 is 6.10 Å². The summed E-state index contributed by atoms with van der Waals surface area (Å²) in [4.78, 5) is 23.6. The van der Waals surface area contributed by atoms with Gasteiger partial charge >= 0.3 is 0 Å². The largest absolute Gasteiger partial charge is 0.389 e. The number of carbonyl (C=O) groups excluding carboxylic acids is 1. The Morgan fingerprint density at radius 2 is 2.00 bits per heavy atom. The number of hydrogen-bond acceptors (Lipinski definition) is 3. The predicted octanol–water partition coefficient (Wildman–Crippen LogP) is 1.26. The minimum atomic E-state index is -0.824. The Morgan fingerprint density at radius 1 is 1.23 bits per heavy atom. The molecule has 0 aliphatic rings. The van der Waals surface area contributed by atoms with Crippen LogP contribution in [-0.4, -0.2) is 28.2 Å². The van der Waals surface area contributed by atoms with Crippen molar-refractivity contribution in [3.63, 3.8) is 0 Å². The maximum atomic E-state index is 12.0. The summed E-state index contributed by atoms with van der Waals surface area (Å²) >= 11 is 0. The molecule has 0 aliphatic heterocycles. The molecule has 1 heterocycles. The van der Waals surface area contributed by atoms with Gasteiger partial charge in [0.05, 0.1) is 12.6 Å². The number of rotatable bonds is 5. The van der Waals surface area contributed by atoms with Crippen molar-refractivity contribution in [1.29, 1.82) is 0 Å². The second kappa shape index (κ2) is 7.04. The number of aromatic nitrogens is 1. The highest BCUT2D eigenvalue weighted by Crippen LogP contribution is 2.09. The van der Waals surface area contributed by atoms with E-state index in [1.165, 1.54) is 10.6 Å². The first kappa shape index (κ1) is 16.0. The fraction of sp³-hybridized carbons (Fsp3) is 0.294. The summed E-state index contributed by atoms with van der Waals surface area (Å²) in [6.45, 7) is 4.17. The lowest BCUT2D eigenvalue weighted by Crippen LogP contribution is -2.36. The summed E-state index contributed by atoms with van der Waals surface area (Å²) in [5, 5.41) is 12.6. The number of pyridine rings is 1. The van der Waals surface area contributed by atoms with Crippen molar-refractivity contribution in [3.05, 3.63) is 69.6 Å². The summed E-state index contributed by atoms with van der Waals surface area (Å²) in [6.07, 6.45) is 0.784. The Bertz CT molecular complexity index is 722. The number of benzene rings is 1. The number of aryl methyl sites for hydroxylation is 2. The van der Waals surface area contributed by atoms with Gasteiger partial charge in [-0.1, -0.05) is 12.1 Å². The fourth-order valence-corrected chi connectivity index (χ4v) is 2.10. The van der Waals surface area contributed by atoms with Gasteiger partial charge in [0.1, 0.15) is 0 Å². The van der Waals surface area contributed by atoms with Gasteiger partial charge in [0.2, 0.25) is 0 Å². The lowest BCUT2D eigenvalue weighted by molar-refractivity contribution is 0.0903. The SMILES string of the molecule is Cc1ccc(C(=O)NCC(O)Cn2ccccc2=O)cc1C. The summed E-state index contributed by atoms with van der Waals surface area (Å²) in [5.74, 6) is -0.234. The molecule has 0 aliphatic carbocycles. The van der Waals surface area contributed by atoms with Gasteiger partial charge < -0.3 is 15.0 Å². The van der Waals surface area contributed by atoms with Gasteiger partial charge in [-0.15, -0.1) is 0 Å². The van der Waals surface area contributed by atoms with Gasteiger partial charge in [-0.05, 0) is 43.2 Å². The quantitative estimate of drug-likeness (QED) is 0.873. The van der Waals surface area contributed by atoms with Crippen LogP contribution in [0.2, 0.25) is 0 Å². The molecule has 5 heteroatoms. The standard InChI is InChI=1S/C17H20N2O3/c1-12-6-7-14(9-13(12)2)17(22)18-10-15(20)11-19-8-4-3-5-16(19)21/h3-9,15,20H,10-11H2,1-2H3,(H,18,22). The fourth-order valence-electron chi connectivity index (χ4n) is 2.10. The van der Waals surface area contributed by atoms with E-state index in [0.717, 1.165) is 11.1 Å². The van der Waals surface area contributed by atoms with E-state index in [2.05, 4.69) is 5.32 Å². The number of hydrogen-bond donors (Lipinski definition) is 2. The summed E-state index contributed by atoms with van der Waals surface area (Å²) < 4.78 is 1.41. The molecule has 1 aromatic carbocycles. The minimum Gasteiger partial charge on any atom is -0.389 e. The highest BCUT2D eigenvalue weighted by molar-refractivity contribution is 5.94. The first-order valence-corrected chi connectivity index (χ1v) is 7.16. The Morgan fingerprint density at radius 3 is 2.68 bits per heavy atom. The van der Waals surface area contributed by atoms with Crippen LogP contribution in [-0.2, 0) is 6.54 Å². The third-order valence-electron chi connectivity index (χ3n) is 3.57. The molecule has 2 rings (SSSR count). The molecular formula is C17H20N2O3. The van der Waals surface area contributed by atoms with Crippen LogP contribution in [0.1, 0.15) is 21.5 Å². The van der Waals surface area contributed by atoms with Gasteiger partial charge in [0, 0.05) is 24.4 Å². The number of aliphatic hydroxyl groups excluding tert-OH is 1. The zero-order valence-electron chi connectivity index (χ0n) is 12.7. The molecule has 0 fully saturated rings. The molecule has 116 valence electrons. The monoisotopic (exact) mass is 300 g/mol. The van der Waals surface area contributed by atoms with E-state index in [-0.39, 0.29) is 24.6 Å². The maximum Gasteiger partial charge on any atom is 0.251 e. The first-order chi connectivity index (χ1) is 10.5. The summed E-state index contributed by atoms with van der Waals surface area (Å²) in [6, 6.07) is 10.3. The maximum absolute atomic E-state index is 12.0. The van der Waals surface area contributed by atoms with Crippen LogP contribution in [0.4, 0.5) is 0 Å². The number of amides is 1. The molecule has 2 aromatic rings. The molecule has 0 radical (unpaired) electrons. The van der Waals surface area contributed by atoms with E-state index in [4.69, 9.17) is 0 Å². The molecule has 1 unspecified atom stereocenters. The lowest BCUT2D eigenvalue weighted by Gasteiger charge is -2.13. The molecule has 0 spiro atoms. The zero-order valence-corrected chi connectivity index (χ0v) is 12.7. The van der Waals surface area contributed by atoms with Crippen molar-refractivity contribution in [1.82, 2.24) is 9.88 Å². The molecule has 22 heavy (non-hydrogen) atoms. The van der Waals surface area contributed by atoms with E-state index in [1.54, 1.807) is 24.4 Å². The van der Waals surface area contributed by atoms with Crippen molar-refractivity contribution in [3.8, 4) is 0 Å².